The molecule has 15 heavy (non-hydrogen) atoms. The van der Waals surface area contributed by atoms with E-state index >= 15 is 0 Å². The minimum absolute atomic E-state index is 0.136. The van der Waals surface area contributed by atoms with Crippen LogP contribution in [0, 0.1) is 0 Å². The molecule has 0 amide bonds. The maximum Gasteiger partial charge on any atom is 0.287 e. The Labute approximate surface area is 92.0 Å². The highest BCUT2D eigenvalue weighted by Crippen LogP contribution is 2.23. The number of nitrogens with zero attached hydrogens (tertiary/aromatic N) is 1. The normalized spacial score (nSPS) is 28.9. The third kappa shape index (κ3) is 3.59. The topological polar surface area (TPSA) is 46.6 Å². The molecule has 5 heteroatoms. The molecule has 1 saturated heterocycles. The van der Waals surface area contributed by atoms with Gasteiger partial charge in [0.15, 0.2) is 0 Å². The number of hydrogen-bond donors (Lipinski definition) is 0. The molecule has 1 fully saturated rings. The molecule has 0 aromatic carbocycles. The quantitative estimate of drug-likeness (QED) is 0.693. The van der Waals surface area contributed by atoms with E-state index in [-0.39, 0.29) is 17.8 Å². The van der Waals surface area contributed by atoms with Crippen molar-refractivity contribution in [2.24, 2.45) is 0 Å². The van der Waals surface area contributed by atoms with Crippen molar-refractivity contribution in [2.75, 3.05) is 5.75 Å². The van der Waals surface area contributed by atoms with E-state index in [1.165, 1.54) is 6.08 Å². The summed E-state index contributed by atoms with van der Waals surface area (Å²) >= 11 is 0. The van der Waals surface area contributed by atoms with Gasteiger partial charge in [-0.05, 0) is 26.7 Å². The van der Waals surface area contributed by atoms with Crippen molar-refractivity contribution in [3.63, 3.8) is 0 Å². The Bertz CT molecular complexity index is 303. The van der Waals surface area contributed by atoms with Gasteiger partial charge in [0.2, 0.25) is 0 Å². The standard InChI is InChI=1S/C10H19NO3S/c1-4-8-15(12,13)14-11-9(2)6-5-7-10(11)3/h4,9-10H,1,5-8H2,2-3H3. The third-order valence-electron chi connectivity index (χ3n) is 2.63. The number of hydroxylamine groups is 2. The van der Waals surface area contributed by atoms with Gasteiger partial charge in [-0.1, -0.05) is 12.5 Å². The lowest BCUT2D eigenvalue weighted by Crippen LogP contribution is -2.45. The lowest BCUT2D eigenvalue weighted by atomic mass is 10.0. The zero-order valence-corrected chi connectivity index (χ0v) is 10.2. The molecule has 0 radical (unpaired) electrons. The van der Waals surface area contributed by atoms with Crippen molar-refractivity contribution in [1.29, 1.82) is 0 Å². The van der Waals surface area contributed by atoms with Crippen molar-refractivity contribution in [2.45, 2.75) is 45.2 Å². The lowest BCUT2D eigenvalue weighted by molar-refractivity contribution is -0.133. The van der Waals surface area contributed by atoms with E-state index in [1.807, 2.05) is 13.8 Å². The highest BCUT2D eigenvalue weighted by Gasteiger charge is 2.29. The summed E-state index contributed by atoms with van der Waals surface area (Å²) in [5, 5.41) is 1.60. The Kier molecular flexibility index (Phi) is 4.31. The van der Waals surface area contributed by atoms with E-state index < -0.39 is 10.1 Å². The molecule has 2 atom stereocenters. The van der Waals surface area contributed by atoms with Crippen LogP contribution in [0.2, 0.25) is 0 Å². The molecule has 0 saturated carbocycles. The highest BCUT2D eigenvalue weighted by atomic mass is 32.2. The molecular formula is C10H19NO3S. The summed E-state index contributed by atoms with van der Waals surface area (Å²) in [5.74, 6) is -0.136. The molecule has 0 spiro atoms. The van der Waals surface area contributed by atoms with E-state index in [0.717, 1.165) is 19.3 Å². The number of hydrogen-bond acceptors (Lipinski definition) is 4. The van der Waals surface area contributed by atoms with Crippen LogP contribution in [0.3, 0.4) is 0 Å². The van der Waals surface area contributed by atoms with Crippen molar-refractivity contribution >= 4 is 10.1 Å². The zero-order valence-electron chi connectivity index (χ0n) is 9.35. The zero-order chi connectivity index (χ0) is 11.5. The summed E-state index contributed by atoms with van der Waals surface area (Å²) in [6, 6.07) is 0.321. The SMILES string of the molecule is C=CCS(=O)(=O)ON1C(C)CCCC1C. The first kappa shape index (κ1) is 12.7. The fourth-order valence-electron chi connectivity index (χ4n) is 1.85. The van der Waals surface area contributed by atoms with Crippen LogP contribution in [0.15, 0.2) is 12.7 Å². The Balaban J connectivity index is 2.66. The van der Waals surface area contributed by atoms with Gasteiger partial charge >= 0.3 is 0 Å². The van der Waals surface area contributed by atoms with Crippen LogP contribution in [-0.2, 0) is 14.4 Å². The van der Waals surface area contributed by atoms with Gasteiger partial charge in [0, 0.05) is 12.1 Å². The first-order valence-corrected chi connectivity index (χ1v) is 6.85. The van der Waals surface area contributed by atoms with Crippen molar-refractivity contribution in [3.05, 3.63) is 12.7 Å². The molecule has 1 aliphatic heterocycles. The summed E-state index contributed by atoms with van der Waals surface area (Å²) in [6.07, 6.45) is 4.43. The second kappa shape index (κ2) is 5.09. The van der Waals surface area contributed by atoms with Gasteiger partial charge in [0.05, 0.1) is 5.75 Å². The van der Waals surface area contributed by atoms with Crippen LogP contribution in [0.4, 0.5) is 0 Å². The van der Waals surface area contributed by atoms with Crippen molar-refractivity contribution in [3.8, 4) is 0 Å². The average molecular weight is 233 g/mol. The van der Waals surface area contributed by atoms with Crippen LogP contribution in [0.5, 0.6) is 0 Å². The number of piperidine rings is 1. The predicted octanol–water partition coefficient (Wildman–Crippen LogP) is 1.70. The van der Waals surface area contributed by atoms with Crippen molar-refractivity contribution in [1.82, 2.24) is 5.06 Å². The molecule has 4 nitrogen and oxygen atoms in total. The Morgan fingerprint density at radius 3 is 2.40 bits per heavy atom. The molecule has 0 bridgehead atoms. The minimum Gasteiger partial charge on any atom is -0.198 e. The summed E-state index contributed by atoms with van der Waals surface area (Å²) in [5.41, 5.74) is 0. The maximum absolute atomic E-state index is 11.5. The van der Waals surface area contributed by atoms with E-state index in [9.17, 15) is 8.42 Å². The smallest absolute Gasteiger partial charge is 0.198 e. The van der Waals surface area contributed by atoms with Gasteiger partial charge < -0.3 is 0 Å². The largest absolute Gasteiger partial charge is 0.287 e. The second-order valence-electron chi connectivity index (χ2n) is 4.08. The van der Waals surface area contributed by atoms with Gasteiger partial charge in [-0.25, -0.2) is 0 Å². The van der Waals surface area contributed by atoms with Crippen LogP contribution in [-0.4, -0.2) is 31.3 Å². The van der Waals surface area contributed by atoms with Crippen LogP contribution in [0.25, 0.3) is 0 Å². The summed E-state index contributed by atoms with van der Waals surface area (Å²) in [7, 11) is -3.49. The van der Waals surface area contributed by atoms with E-state index in [0.29, 0.717) is 0 Å². The molecule has 0 aliphatic carbocycles. The Morgan fingerprint density at radius 1 is 1.40 bits per heavy atom. The molecule has 88 valence electrons. The van der Waals surface area contributed by atoms with Crippen LogP contribution in [0.1, 0.15) is 33.1 Å². The molecule has 0 aromatic heterocycles. The van der Waals surface area contributed by atoms with Crippen LogP contribution < -0.4 is 0 Å². The van der Waals surface area contributed by atoms with E-state index in [4.69, 9.17) is 4.28 Å². The molecular weight excluding hydrogens is 214 g/mol. The second-order valence-corrected chi connectivity index (χ2v) is 5.67. The lowest BCUT2D eigenvalue weighted by Gasteiger charge is -2.36. The fraction of sp³-hybridized carbons (Fsp3) is 0.800. The van der Waals surface area contributed by atoms with E-state index in [1.54, 1.807) is 5.06 Å². The molecule has 0 aromatic rings. The molecule has 1 aliphatic rings. The highest BCUT2D eigenvalue weighted by molar-refractivity contribution is 7.86. The van der Waals surface area contributed by atoms with Gasteiger partial charge in [-0.3, -0.25) is 0 Å². The molecule has 1 heterocycles. The third-order valence-corrected chi connectivity index (χ3v) is 3.68. The van der Waals surface area contributed by atoms with E-state index in [2.05, 4.69) is 6.58 Å². The monoisotopic (exact) mass is 233 g/mol. The maximum atomic E-state index is 11.5. The Hall–Kier alpha value is -0.390. The summed E-state index contributed by atoms with van der Waals surface area (Å²) in [6.45, 7) is 7.37. The fourth-order valence-corrected chi connectivity index (χ4v) is 2.76. The Morgan fingerprint density at radius 2 is 1.93 bits per heavy atom. The van der Waals surface area contributed by atoms with Gasteiger partial charge in [-0.15, -0.1) is 6.58 Å². The van der Waals surface area contributed by atoms with Gasteiger partial charge in [-0.2, -0.15) is 17.8 Å². The van der Waals surface area contributed by atoms with Gasteiger partial charge in [0.25, 0.3) is 10.1 Å². The molecule has 2 unspecified atom stereocenters. The van der Waals surface area contributed by atoms with Crippen LogP contribution >= 0.6 is 0 Å². The first-order chi connectivity index (χ1) is 6.96. The summed E-state index contributed by atoms with van der Waals surface area (Å²) < 4.78 is 28.0. The average Bonchev–Trinajstić information content (AvgIpc) is 2.11. The first-order valence-electron chi connectivity index (χ1n) is 5.28. The minimum atomic E-state index is -3.49. The molecule has 1 rings (SSSR count). The van der Waals surface area contributed by atoms with Crippen molar-refractivity contribution < 1.29 is 12.7 Å². The summed E-state index contributed by atoms with van der Waals surface area (Å²) in [4.78, 5) is 0. The van der Waals surface area contributed by atoms with Gasteiger partial charge in [0.1, 0.15) is 0 Å². The molecule has 0 N–H and O–H groups in total. The predicted molar refractivity (Wildman–Crippen MR) is 59.7 cm³/mol. The number of rotatable bonds is 4.